The summed E-state index contributed by atoms with van der Waals surface area (Å²) in [5.74, 6) is -4.93. The second-order valence-electron chi connectivity index (χ2n) is 10.6. The van der Waals surface area contributed by atoms with Crippen molar-refractivity contribution in [1.29, 1.82) is 0 Å². The zero-order valence-corrected chi connectivity index (χ0v) is 22.3. The van der Waals surface area contributed by atoms with Gasteiger partial charge in [-0.15, -0.1) is 0 Å². The number of aryl methyl sites for hydroxylation is 1. The minimum absolute atomic E-state index is 0.0366. The highest BCUT2D eigenvalue weighted by Crippen LogP contribution is 2.34. The minimum Gasteiger partial charge on any atom is -0.489 e. The summed E-state index contributed by atoms with van der Waals surface area (Å²) >= 11 is 6.37. The fourth-order valence-electron chi connectivity index (χ4n) is 4.97. The van der Waals surface area contributed by atoms with Gasteiger partial charge in [0.25, 0.3) is 5.91 Å². The van der Waals surface area contributed by atoms with Crippen LogP contribution in [0.5, 0.6) is 5.75 Å². The number of aliphatic hydroxyl groups excluding tert-OH is 1. The molecule has 5 nitrogen and oxygen atoms in total. The number of rotatable bonds is 11. The van der Waals surface area contributed by atoms with Gasteiger partial charge in [0, 0.05) is 13.0 Å². The maximum atomic E-state index is 15.1. The molecule has 1 heterocycles. The van der Waals surface area contributed by atoms with Crippen molar-refractivity contribution in [2.45, 2.75) is 62.7 Å². The molecule has 2 fully saturated rings. The Morgan fingerprint density at radius 1 is 1.08 bits per heavy atom. The van der Waals surface area contributed by atoms with Crippen LogP contribution in [-0.2, 0) is 11.2 Å². The van der Waals surface area contributed by atoms with Gasteiger partial charge in [0.05, 0.1) is 17.2 Å². The van der Waals surface area contributed by atoms with E-state index in [-0.39, 0.29) is 24.9 Å². The second-order valence-corrected chi connectivity index (χ2v) is 11.0. The number of alkyl halides is 2. The third kappa shape index (κ3) is 7.04. The van der Waals surface area contributed by atoms with Gasteiger partial charge in [-0.05, 0) is 91.4 Å². The molecule has 1 aliphatic heterocycles. The van der Waals surface area contributed by atoms with Crippen molar-refractivity contribution in [3.8, 4) is 5.75 Å². The quantitative estimate of drug-likeness (QED) is 0.299. The molecule has 2 N–H and O–H groups in total. The number of carbonyl (C=O) groups is 1. The van der Waals surface area contributed by atoms with Crippen molar-refractivity contribution in [2.24, 2.45) is 0 Å². The molecule has 3 aromatic rings. The third-order valence-corrected chi connectivity index (χ3v) is 7.69. The Morgan fingerprint density at radius 3 is 2.51 bits per heavy atom. The van der Waals surface area contributed by atoms with Gasteiger partial charge in [-0.2, -0.15) is 8.78 Å². The molecule has 3 aromatic carbocycles. The van der Waals surface area contributed by atoms with Crippen LogP contribution in [0, 0.1) is 5.82 Å². The SMILES string of the molecule is O=C(N[C@H](CN1CCCC1)[C@H](O)c1ccc(OC2CC2)c(Cl)c1)C(F)(F)CCc1ccc2cc(F)ccc2c1. The van der Waals surface area contributed by atoms with E-state index in [1.54, 1.807) is 42.5 Å². The summed E-state index contributed by atoms with van der Waals surface area (Å²) in [5, 5.41) is 15.4. The van der Waals surface area contributed by atoms with Crippen LogP contribution in [0.4, 0.5) is 13.2 Å². The van der Waals surface area contributed by atoms with Crippen LogP contribution >= 0.6 is 11.6 Å². The molecular weight excluding hydrogens is 529 g/mol. The van der Waals surface area contributed by atoms with Gasteiger partial charge in [-0.25, -0.2) is 4.39 Å². The lowest BCUT2D eigenvalue weighted by Crippen LogP contribution is -2.51. The highest BCUT2D eigenvalue weighted by molar-refractivity contribution is 6.32. The van der Waals surface area contributed by atoms with Crippen molar-refractivity contribution in [2.75, 3.05) is 19.6 Å². The average Bonchev–Trinajstić information content (AvgIpc) is 3.59. The molecule has 208 valence electrons. The summed E-state index contributed by atoms with van der Waals surface area (Å²) in [4.78, 5) is 14.9. The van der Waals surface area contributed by atoms with E-state index in [9.17, 15) is 14.3 Å². The number of carbonyl (C=O) groups excluding carboxylic acids is 1. The predicted octanol–water partition coefficient (Wildman–Crippen LogP) is 6.06. The van der Waals surface area contributed by atoms with E-state index in [2.05, 4.69) is 10.2 Å². The number of halogens is 4. The van der Waals surface area contributed by atoms with Gasteiger partial charge in [0.1, 0.15) is 17.7 Å². The van der Waals surface area contributed by atoms with Crippen molar-refractivity contribution >= 4 is 28.3 Å². The molecule has 0 radical (unpaired) electrons. The predicted molar refractivity (Wildman–Crippen MR) is 145 cm³/mol. The number of ether oxygens (including phenoxy) is 1. The molecule has 1 saturated heterocycles. The number of likely N-dealkylation sites (tertiary alicyclic amines) is 1. The molecule has 1 amide bonds. The number of aliphatic hydroxyl groups is 1. The first kappa shape index (κ1) is 27.7. The van der Waals surface area contributed by atoms with E-state index < -0.39 is 30.4 Å². The first-order valence-corrected chi connectivity index (χ1v) is 13.8. The van der Waals surface area contributed by atoms with Crippen LogP contribution in [0.3, 0.4) is 0 Å². The summed E-state index contributed by atoms with van der Waals surface area (Å²) in [6, 6.07) is 13.3. The lowest BCUT2D eigenvalue weighted by molar-refractivity contribution is -0.148. The average molecular weight is 561 g/mol. The van der Waals surface area contributed by atoms with Gasteiger partial charge < -0.3 is 20.1 Å². The Bertz CT molecular complexity index is 1330. The number of amides is 1. The van der Waals surface area contributed by atoms with Crippen LogP contribution in [0.2, 0.25) is 5.02 Å². The maximum Gasteiger partial charge on any atom is 0.324 e. The van der Waals surface area contributed by atoms with E-state index in [1.807, 2.05) is 0 Å². The van der Waals surface area contributed by atoms with Crippen LogP contribution in [-0.4, -0.2) is 53.6 Å². The highest BCUT2D eigenvalue weighted by Gasteiger charge is 2.41. The van der Waals surface area contributed by atoms with Gasteiger partial charge in [0.15, 0.2) is 0 Å². The van der Waals surface area contributed by atoms with Crippen LogP contribution in [0.1, 0.15) is 49.3 Å². The Morgan fingerprint density at radius 2 is 1.79 bits per heavy atom. The van der Waals surface area contributed by atoms with E-state index in [4.69, 9.17) is 16.3 Å². The van der Waals surface area contributed by atoms with Crippen molar-refractivity contribution in [3.63, 3.8) is 0 Å². The Balaban J connectivity index is 1.26. The van der Waals surface area contributed by atoms with Crippen molar-refractivity contribution in [3.05, 3.63) is 76.6 Å². The Hall–Kier alpha value is -2.81. The molecule has 0 aromatic heterocycles. The first-order valence-electron chi connectivity index (χ1n) is 13.4. The number of hydrogen-bond acceptors (Lipinski definition) is 4. The number of benzene rings is 3. The fraction of sp³-hybridized carbons (Fsp3) is 0.433. The summed E-state index contributed by atoms with van der Waals surface area (Å²) in [5.41, 5.74) is 1.04. The van der Waals surface area contributed by atoms with E-state index in [1.165, 1.54) is 12.1 Å². The lowest BCUT2D eigenvalue weighted by Gasteiger charge is -2.30. The molecular formula is C30H32ClF3N2O3. The number of nitrogens with zero attached hydrogens (tertiary/aromatic N) is 1. The molecule has 2 atom stereocenters. The summed E-state index contributed by atoms with van der Waals surface area (Å²) in [7, 11) is 0. The van der Waals surface area contributed by atoms with Crippen molar-refractivity contribution in [1.82, 2.24) is 10.2 Å². The molecule has 0 unspecified atom stereocenters. The fourth-order valence-corrected chi connectivity index (χ4v) is 5.21. The molecule has 0 bridgehead atoms. The molecule has 1 aliphatic carbocycles. The zero-order valence-electron chi connectivity index (χ0n) is 21.5. The van der Waals surface area contributed by atoms with E-state index >= 15 is 8.78 Å². The van der Waals surface area contributed by atoms with Crippen molar-refractivity contribution < 1.29 is 27.8 Å². The second kappa shape index (κ2) is 11.7. The molecule has 39 heavy (non-hydrogen) atoms. The largest absolute Gasteiger partial charge is 0.489 e. The van der Waals surface area contributed by atoms with Gasteiger partial charge in [-0.1, -0.05) is 41.9 Å². The van der Waals surface area contributed by atoms with Gasteiger partial charge in [-0.3, -0.25) is 4.79 Å². The topological polar surface area (TPSA) is 61.8 Å². The number of nitrogens with one attached hydrogen (secondary N) is 1. The smallest absolute Gasteiger partial charge is 0.324 e. The third-order valence-electron chi connectivity index (χ3n) is 7.39. The highest BCUT2D eigenvalue weighted by atomic mass is 35.5. The van der Waals surface area contributed by atoms with Gasteiger partial charge in [0.2, 0.25) is 0 Å². The molecule has 2 aliphatic rings. The van der Waals surface area contributed by atoms with E-state index in [0.29, 0.717) is 27.3 Å². The monoisotopic (exact) mass is 560 g/mol. The molecule has 1 saturated carbocycles. The zero-order chi connectivity index (χ0) is 27.6. The summed E-state index contributed by atoms with van der Waals surface area (Å²) in [6.45, 7) is 1.79. The Kier molecular flexibility index (Phi) is 8.35. The minimum atomic E-state index is -3.65. The lowest BCUT2D eigenvalue weighted by atomic mass is 9.99. The normalized spacial score (nSPS) is 17.8. The molecule has 0 spiro atoms. The summed E-state index contributed by atoms with van der Waals surface area (Å²) in [6.07, 6.45) is 2.08. The van der Waals surface area contributed by atoms with Crippen LogP contribution < -0.4 is 10.1 Å². The van der Waals surface area contributed by atoms with Crippen LogP contribution in [0.25, 0.3) is 10.8 Å². The first-order chi connectivity index (χ1) is 18.7. The number of fused-ring (bicyclic) bond motifs is 1. The molecule has 9 heteroatoms. The standard InChI is InChI=1S/C30H32ClF3N2O3/c31-25-17-22(6-10-27(25)39-24-8-9-24)28(37)26(18-36-13-1-2-14-36)35-29(38)30(33,34)12-11-19-3-4-21-16-23(32)7-5-20(21)15-19/h3-7,10,15-17,24,26,28,37H,1-2,8-9,11-14,18H2,(H,35,38)/t26-,28-/m1/s1. The van der Waals surface area contributed by atoms with E-state index in [0.717, 1.165) is 44.2 Å². The van der Waals surface area contributed by atoms with Gasteiger partial charge >= 0.3 is 5.92 Å². The maximum absolute atomic E-state index is 15.1. The molecule has 5 rings (SSSR count). The summed E-state index contributed by atoms with van der Waals surface area (Å²) < 4.78 is 49.3. The number of hydrogen-bond donors (Lipinski definition) is 2. The van der Waals surface area contributed by atoms with Crippen LogP contribution in [0.15, 0.2) is 54.6 Å². The Labute approximate surface area is 230 Å².